The van der Waals surface area contributed by atoms with Crippen molar-refractivity contribution < 1.29 is 18.7 Å². The molecular formula is C17H20FNO3. The van der Waals surface area contributed by atoms with E-state index in [0.29, 0.717) is 25.3 Å². The summed E-state index contributed by atoms with van der Waals surface area (Å²) in [5.74, 6) is -0.564. The average Bonchev–Trinajstić information content (AvgIpc) is 2.91. The molecule has 0 aliphatic carbocycles. The summed E-state index contributed by atoms with van der Waals surface area (Å²) in [6, 6.07) is 5.81. The Balaban J connectivity index is 1.80. The molecule has 22 heavy (non-hydrogen) atoms. The van der Waals surface area contributed by atoms with Gasteiger partial charge in [0, 0.05) is 12.2 Å². The Morgan fingerprint density at radius 1 is 1.55 bits per heavy atom. The number of carbonyl (C=O) groups is 1. The number of ether oxygens (including phenoxy) is 2. The van der Waals surface area contributed by atoms with Gasteiger partial charge in [0.05, 0.1) is 19.2 Å². The molecule has 2 fully saturated rings. The van der Waals surface area contributed by atoms with Crippen LogP contribution < -0.4 is 0 Å². The first-order chi connectivity index (χ1) is 10.7. The van der Waals surface area contributed by atoms with Gasteiger partial charge in [0.1, 0.15) is 18.0 Å². The number of hydrogen-bond donors (Lipinski definition) is 0. The molecule has 0 spiro atoms. The van der Waals surface area contributed by atoms with Crippen LogP contribution >= 0.6 is 0 Å². The van der Waals surface area contributed by atoms with Crippen LogP contribution in [0.4, 0.5) is 4.39 Å². The zero-order valence-corrected chi connectivity index (χ0v) is 12.4. The smallest absolute Gasteiger partial charge is 0.254 e. The van der Waals surface area contributed by atoms with E-state index < -0.39 is 5.82 Å². The molecule has 2 aliphatic heterocycles. The second-order valence-corrected chi connectivity index (χ2v) is 5.67. The average molecular weight is 305 g/mol. The summed E-state index contributed by atoms with van der Waals surface area (Å²) in [6.45, 7) is 5.24. The van der Waals surface area contributed by atoms with Crippen molar-refractivity contribution in [3.8, 4) is 0 Å². The third-order valence-corrected chi connectivity index (χ3v) is 4.24. The predicted octanol–water partition coefficient (Wildman–Crippen LogP) is 2.40. The van der Waals surface area contributed by atoms with Crippen LogP contribution in [0.25, 0.3) is 0 Å². The highest BCUT2D eigenvalue weighted by molar-refractivity contribution is 5.94. The number of likely N-dealkylation sites (tertiary alicyclic amines) is 1. The largest absolute Gasteiger partial charge is 0.373 e. The van der Waals surface area contributed by atoms with Gasteiger partial charge < -0.3 is 14.4 Å². The van der Waals surface area contributed by atoms with Crippen LogP contribution in [0.1, 0.15) is 23.2 Å². The van der Waals surface area contributed by atoms with E-state index in [1.807, 2.05) is 0 Å². The first-order valence-corrected chi connectivity index (χ1v) is 7.61. The summed E-state index contributed by atoms with van der Waals surface area (Å²) in [5, 5.41) is 0. The molecule has 1 amide bonds. The molecule has 4 nitrogen and oxygen atoms in total. The first kappa shape index (κ1) is 15.2. The van der Waals surface area contributed by atoms with Crippen LogP contribution in [-0.2, 0) is 9.47 Å². The van der Waals surface area contributed by atoms with Gasteiger partial charge in [0.15, 0.2) is 0 Å². The standard InChI is InChI=1S/C17H20FNO3/c1-2-8-21-15-11-19(14-7-4-9-22-16(14)15)17(20)12-5-3-6-13(18)10-12/h2-3,5-6,10,14-16H,1,4,7-9,11H2/t14-,15+,16+/m1/s1. The molecule has 0 saturated carbocycles. The fourth-order valence-corrected chi connectivity index (χ4v) is 3.27. The minimum absolute atomic E-state index is 0.000618. The zero-order chi connectivity index (χ0) is 15.5. The van der Waals surface area contributed by atoms with Crippen molar-refractivity contribution in [2.45, 2.75) is 31.1 Å². The Labute approximate surface area is 129 Å². The highest BCUT2D eigenvalue weighted by Crippen LogP contribution is 2.31. The minimum Gasteiger partial charge on any atom is -0.373 e. The van der Waals surface area contributed by atoms with Gasteiger partial charge in [-0.1, -0.05) is 12.1 Å². The van der Waals surface area contributed by atoms with E-state index in [-0.39, 0.29) is 24.2 Å². The maximum absolute atomic E-state index is 13.4. The number of carbonyl (C=O) groups excluding carboxylic acids is 1. The second kappa shape index (κ2) is 6.58. The molecule has 0 radical (unpaired) electrons. The van der Waals surface area contributed by atoms with Gasteiger partial charge in [-0.15, -0.1) is 6.58 Å². The van der Waals surface area contributed by atoms with Crippen LogP contribution in [0.5, 0.6) is 0 Å². The van der Waals surface area contributed by atoms with Crippen LogP contribution in [0.15, 0.2) is 36.9 Å². The van der Waals surface area contributed by atoms with E-state index in [9.17, 15) is 9.18 Å². The van der Waals surface area contributed by atoms with E-state index in [1.54, 1.807) is 23.1 Å². The van der Waals surface area contributed by atoms with E-state index >= 15 is 0 Å². The zero-order valence-electron chi connectivity index (χ0n) is 12.4. The van der Waals surface area contributed by atoms with Gasteiger partial charge in [0.25, 0.3) is 5.91 Å². The Morgan fingerprint density at radius 2 is 2.41 bits per heavy atom. The lowest BCUT2D eigenvalue weighted by molar-refractivity contribution is -0.0708. The summed E-state index contributed by atoms with van der Waals surface area (Å²) >= 11 is 0. The molecule has 2 heterocycles. The fraction of sp³-hybridized carbons (Fsp3) is 0.471. The molecule has 1 aromatic carbocycles. The minimum atomic E-state index is -0.402. The van der Waals surface area contributed by atoms with E-state index in [0.717, 1.165) is 12.8 Å². The van der Waals surface area contributed by atoms with Gasteiger partial charge in [-0.05, 0) is 31.0 Å². The second-order valence-electron chi connectivity index (χ2n) is 5.67. The molecular weight excluding hydrogens is 285 g/mol. The third-order valence-electron chi connectivity index (χ3n) is 4.24. The predicted molar refractivity (Wildman–Crippen MR) is 80.1 cm³/mol. The number of hydrogen-bond acceptors (Lipinski definition) is 3. The summed E-state index contributed by atoms with van der Waals surface area (Å²) < 4.78 is 24.9. The molecule has 5 heteroatoms. The number of rotatable bonds is 4. The van der Waals surface area contributed by atoms with Crippen molar-refractivity contribution in [3.05, 3.63) is 48.3 Å². The fourth-order valence-electron chi connectivity index (χ4n) is 3.27. The SMILES string of the molecule is C=CCO[C@H]1CN(C(=O)c2cccc(F)c2)[C@@H]2CCCO[C@H]12. The summed E-state index contributed by atoms with van der Waals surface area (Å²) in [7, 11) is 0. The topological polar surface area (TPSA) is 38.8 Å². The molecule has 2 saturated heterocycles. The summed E-state index contributed by atoms with van der Waals surface area (Å²) in [5.41, 5.74) is 0.369. The molecule has 0 unspecified atom stereocenters. The van der Waals surface area contributed by atoms with Crippen molar-refractivity contribution in [1.82, 2.24) is 4.90 Å². The van der Waals surface area contributed by atoms with Crippen molar-refractivity contribution >= 4 is 5.91 Å². The van der Waals surface area contributed by atoms with Crippen molar-refractivity contribution in [1.29, 1.82) is 0 Å². The molecule has 0 N–H and O–H groups in total. The summed E-state index contributed by atoms with van der Waals surface area (Å²) in [4.78, 5) is 14.5. The Bertz CT molecular complexity index is 563. The number of amides is 1. The molecule has 1 aromatic rings. The number of benzene rings is 1. The van der Waals surface area contributed by atoms with Gasteiger partial charge >= 0.3 is 0 Å². The van der Waals surface area contributed by atoms with Gasteiger partial charge in [-0.3, -0.25) is 4.79 Å². The van der Waals surface area contributed by atoms with Gasteiger partial charge in [-0.2, -0.15) is 0 Å². The maximum Gasteiger partial charge on any atom is 0.254 e. The van der Waals surface area contributed by atoms with Crippen LogP contribution in [-0.4, -0.2) is 48.8 Å². The molecule has 3 rings (SSSR count). The van der Waals surface area contributed by atoms with Gasteiger partial charge in [0.2, 0.25) is 0 Å². The van der Waals surface area contributed by atoms with Crippen LogP contribution in [0, 0.1) is 5.82 Å². The molecule has 3 atom stereocenters. The molecule has 0 bridgehead atoms. The highest BCUT2D eigenvalue weighted by Gasteiger charge is 2.46. The molecule has 2 aliphatic rings. The van der Waals surface area contributed by atoms with E-state index in [1.165, 1.54) is 12.1 Å². The van der Waals surface area contributed by atoms with Crippen molar-refractivity contribution in [2.24, 2.45) is 0 Å². The Kier molecular flexibility index (Phi) is 4.55. The quantitative estimate of drug-likeness (QED) is 0.802. The number of fused-ring (bicyclic) bond motifs is 1. The normalized spacial score (nSPS) is 27.5. The van der Waals surface area contributed by atoms with E-state index in [2.05, 4.69) is 6.58 Å². The monoisotopic (exact) mass is 305 g/mol. The van der Waals surface area contributed by atoms with Crippen molar-refractivity contribution in [3.63, 3.8) is 0 Å². The lowest BCUT2D eigenvalue weighted by Gasteiger charge is -2.32. The maximum atomic E-state index is 13.4. The third kappa shape index (κ3) is 2.91. The summed E-state index contributed by atoms with van der Waals surface area (Å²) in [6.07, 6.45) is 3.24. The molecule has 0 aromatic heterocycles. The van der Waals surface area contributed by atoms with E-state index in [4.69, 9.17) is 9.47 Å². The lowest BCUT2D eigenvalue weighted by Crippen LogP contribution is -2.43. The van der Waals surface area contributed by atoms with Crippen LogP contribution in [0.3, 0.4) is 0 Å². The van der Waals surface area contributed by atoms with Crippen molar-refractivity contribution in [2.75, 3.05) is 19.8 Å². The highest BCUT2D eigenvalue weighted by atomic mass is 19.1. The van der Waals surface area contributed by atoms with Crippen LogP contribution in [0.2, 0.25) is 0 Å². The first-order valence-electron chi connectivity index (χ1n) is 7.61. The lowest BCUT2D eigenvalue weighted by atomic mass is 10.0. The Morgan fingerprint density at radius 3 is 3.18 bits per heavy atom. The Hall–Kier alpha value is -1.72. The van der Waals surface area contributed by atoms with Gasteiger partial charge in [-0.25, -0.2) is 4.39 Å². The number of nitrogens with zero attached hydrogens (tertiary/aromatic N) is 1. The number of halogens is 1. The molecule has 118 valence electrons.